The minimum Gasteiger partial charge on any atom is -0.489 e. The zero-order chi connectivity index (χ0) is 20.9. The van der Waals surface area contributed by atoms with E-state index in [4.69, 9.17) is 9.47 Å². The topological polar surface area (TPSA) is 80.8 Å². The van der Waals surface area contributed by atoms with Gasteiger partial charge in [0.05, 0.1) is 6.20 Å². The molecule has 0 aromatic carbocycles. The van der Waals surface area contributed by atoms with E-state index >= 15 is 0 Å². The molecule has 1 aliphatic rings. The van der Waals surface area contributed by atoms with E-state index in [2.05, 4.69) is 10.3 Å². The molecule has 0 spiro atoms. The number of carbonyl (C=O) groups is 2. The van der Waals surface area contributed by atoms with Crippen LogP contribution in [-0.4, -0.2) is 52.7 Å². The van der Waals surface area contributed by atoms with Crippen LogP contribution in [0.2, 0.25) is 0 Å². The molecule has 1 N–H and O–H groups in total. The number of rotatable bonds is 4. The molecule has 1 aromatic rings. The van der Waals surface area contributed by atoms with Crippen molar-refractivity contribution in [2.45, 2.75) is 72.1 Å². The fraction of sp³-hybridized carbons (Fsp3) is 0.667. The fourth-order valence-electron chi connectivity index (χ4n) is 3.06. The monoisotopic (exact) mass is 391 g/mol. The molecule has 0 bridgehead atoms. The van der Waals surface area contributed by atoms with E-state index in [1.165, 1.54) is 0 Å². The Morgan fingerprint density at radius 2 is 1.82 bits per heavy atom. The van der Waals surface area contributed by atoms with Crippen molar-refractivity contribution in [1.29, 1.82) is 0 Å². The van der Waals surface area contributed by atoms with Gasteiger partial charge in [-0.25, -0.2) is 4.79 Å². The van der Waals surface area contributed by atoms with Gasteiger partial charge in [0.1, 0.15) is 23.5 Å². The van der Waals surface area contributed by atoms with Crippen LogP contribution in [0.3, 0.4) is 0 Å². The summed E-state index contributed by atoms with van der Waals surface area (Å²) in [5.41, 5.74) is -1.05. The SMILES string of the molecule is CC(C)(C)OC(=O)N[C@H](C(=O)N1CCC(Oc2cccnc2)CC1)C(C)(C)C. The largest absolute Gasteiger partial charge is 0.489 e. The van der Waals surface area contributed by atoms with Crippen LogP contribution in [0.15, 0.2) is 24.5 Å². The van der Waals surface area contributed by atoms with Gasteiger partial charge in [-0.1, -0.05) is 20.8 Å². The first-order chi connectivity index (χ1) is 13.0. The van der Waals surface area contributed by atoms with Crippen molar-refractivity contribution in [1.82, 2.24) is 15.2 Å². The maximum Gasteiger partial charge on any atom is 0.408 e. The van der Waals surface area contributed by atoms with Gasteiger partial charge in [-0.3, -0.25) is 9.78 Å². The number of hydrogen-bond donors (Lipinski definition) is 1. The molecule has 2 heterocycles. The maximum absolute atomic E-state index is 13.1. The van der Waals surface area contributed by atoms with Crippen molar-refractivity contribution in [3.05, 3.63) is 24.5 Å². The Balaban J connectivity index is 1.95. The van der Waals surface area contributed by atoms with Crippen molar-refractivity contribution >= 4 is 12.0 Å². The lowest BCUT2D eigenvalue weighted by Crippen LogP contribution is -2.57. The third-order valence-corrected chi connectivity index (χ3v) is 4.46. The van der Waals surface area contributed by atoms with Crippen LogP contribution in [0.1, 0.15) is 54.4 Å². The summed E-state index contributed by atoms with van der Waals surface area (Å²) in [7, 11) is 0. The van der Waals surface area contributed by atoms with E-state index in [-0.39, 0.29) is 12.0 Å². The highest BCUT2D eigenvalue weighted by molar-refractivity contribution is 5.86. The Kier molecular flexibility index (Phi) is 6.91. The normalized spacial score (nSPS) is 17.0. The molecule has 156 valence electrons. The fourth-order valence-corrected chi connectivity index (χ4v) is 3.06. The average molecular weight is 392 g/mol. The predicted octanol–water partition coefficient (Wildman–Crippen LogP) is 3.39. The maximum atomic E-state index is 13.1. The number of carbonyl (C=O) groups excluding carboxylic acids is 2. The van der Waals surface area contributed by atoms with Gasteiger partial charge in [0.15, 0.2) is 0 Å². The van der Waals surface area contributed by atoms with Crippen molar-refractivity contribution in [3.63, 3.8) is 0 Å². The first-order valence-electron chi connectivity index (χ1n) is 9.81. The number of ether oxygens (including phenoxy) is 2. The highest BCUT2D eigenvalue weighted by Gasteiger charge is 2.38. The number of pyridine rings is 1. The summed E-state index contributed by atoms with van der Waals surface area (Å²) in [4.78, 5) is 31.2. The molecule has 0 saturated carbocycles. The van der Waals surface area contributed by atoms with Gasteiger partial charge >= 0.3 is 6.09 Å². The second-order valence-electron chi connectivity index (χ2n) is 9.28. The number of likely N-dealkylation sites (tertiary alicyclic amines) is 1. The summed E-state index contributed by atoms with van der Waals surface area (Å²) >= 11 is 0. The first kappa shape index (κ1) is 22.0. The van der Waals surface area contributed by atoms with Gasteiger partial charge in [0.2, 0.25) is 5.91 Å². The predicted molar refractivity (Wildman–Crippen MR) is 107 cm³/mol. The van der Waals surface area contributed by atoms with Crippen LogP contribution in [0.25, 0.3) is 0 Å². The Morgan fingerprint density at radius 1 is 1.18 bits per heavy atom. The number of aromatic nitrogens is 1. The Morgan fingerprint density at radius 3 is 2.32 bits per heavy atom. The van der Waals surface area contributed by atoms with Crippen LogP contribution >= 0.6 is 0 Å². The number of nitrogens with one attached hydrogen (secondary N) is 1. The van der Waals surface area contributed by atoms with Gasteiger partial charge in [-0.2, -0.15) is 0 Å². The molecule has 7 heteroatoms. The smallest absolute Gasteiger partial charge is 0.408 e. The Hall–Kier alpha value is -2.31. The summed E-state index contributed by atoms with van der Waals surface area (Å²) in [5, 5.41) is 2.77. The van der Waals surface area contributed by atoms with Crippen LogP contribution in [0.5, 0.6) is 5.75 Å². The molecule has 1 saturated heterocycles. The molecule has 0 aliphatic carbocycles. The molecule has 0 unspecified atom stereocenters. The first-order valence-corrected chi connectivity index (χ1v) is 9.81. The highest BCUT2D eigenvalue weighted by atomic mass is 16.6. The number of amides is 2. The van der Waals surface area contributed by atoms with Crippen LogP contribution in [0.4, 0.5) is 4.79 Å². The van der Waals surface area contributed by atoms with Gasteiger partial charge in [-0.05, 0) is 38.3 Å². The van der Waals surface area contributed by atoms with Gasteiger partial charge in [0, 0.05) is 32.1 Å². The van der Waals surface area contributed by atoms with Crippen molar-refractivity contribution in [2.75, 3.05) is 13.1 Å². The molecule has 1 fully saturated rings. The second-order valence-corrected chi connectivity index (χ2v) is 9.28. The van der Waals surface area contributed by atoms with E-state index in [1.807, 2.05) is 32.9 Å². The van der Waals surface area contributed by atoms with E-state index < -0.39 is 23.2 Å². The van der Waals surface area contributed by atoms with Crippen molar-refractivity contribution in [2.24, 2.45) is 5.41 Å². The van der Waals surface area contributed by atoms with Gasteiger partial charge in [0.25, 0.3) is 0 Å². The molecule has 2 amide bonds. The molecule has 2 rings (SSSR count). The lowest BCUT2D eigenvalue weighted by molar-refractivity contribution is -0.138. The minimum atomic E-state index is -0.654. The van der Waals surface area contributed by atoms with Crippen molar-refractivity contribution < 1.29 is 19.1 Å². The second kappa shape index (κ2) is 8.80. The number of piperidine rings is 1. The van der Waals surface area contributed by atoms with Gasteiger partial charge in [-0.15, -0.1) is 0 Å². The molecular formula is C21H33N3O4. The summed E-state index contributed by atoms with van der Waals surface area (Å²) in [5.74, 6) is 0.657. The zero-order valence-electron chi connectivity index (χ0n) is 17.8. The molecule has 7 nitrogen and oxygen atoms in total. The lowest BCUT2D eigenvalue weighted by Gasteiger charge is -2.38. The number of hydrogen-bond acceptors (Lipinski definition) is 5. The zero-order valence-corrected chi connectivity index (χ0v) is 17.8. The van der Waals surface area contributed by atoms with E-state index in [0.717, 1.165) is 18.6 Å². The Labute approximate surface area is 167 Å². The molecule has 1 aromatic heterocycles. The minimum absolute atomic E-state index is 0.0557. The third kappa shape index (κ3) is 6.69. The lowest BCUT2D eigenvalue weighted by atomic mass is 9.85. The van der Waals surface area contributed by atoms with Gasteiger partial charge < -0.3 is 19.7 Å². The van der Waals surface area contributed by atoms with E-state index in [1.54, 1.807) is 38.1 Å². The van der Waals surface area contributed by atoms with Crippen molar-refractivity contribution in [3.8, 4) is 5.75 Å². The Bertz CT molecular complexity index is 656. The standard InChI is InChI=1S/C21H33N3O4/c1-20(2,3)17(23-19(26)28-21(4,5)6)18(25)24-12-9-15(10-13-24)27-16-8-7-11-22-14-16/h7-8,11,14-15,17H,9-10,12-13H2,1-6H3,(H,23,26)/t17-/m1/s1. The van der Waals surface area contributed by atoms with E-state index in [9.17, 15) is 9.59 Å². The molecule has 1 atom stereocenters. The summed E-state index contributed by atoms with van der Waals surface area (Å²) in [6.07, 6.45) is 4.36. The molecular weight excluding hydrogens is 358 g/mol. The van der Waals surface area contributed by atoms with Crippen LogP contribution in [0, 0.1) is 5.41 Å². The highest BCUT2D eigenvalue weighted by Crippen LogP contribution is 2.24. The number of nitrogens with zero attached hydrogens (tertiary/aromatic N) is 2. The molecule has 1 aliphatic heterocycles. The summed E-state index contributed by atoms with van der Waals surface area (Å²) in [6.45, 7) is 12.4. The quantitative estimate of drug-likeness (QED) is 0.851. The van der Waals surface area contributed by atoms with Crippen LogP contribution in [-0.2, 0) is 9.53 Å². The third-order valence-electron chi connectivity index (χ3n) is 4.46. The molecule has 28 heavy (non-hydrogen) atoms. The number of alkyl carbamates (subject to hydrolysis) is 1. The average Bonchev–Trinajstić information content (AvgIpc) is 2.58. The van der Waals surface area contributed by atoms with E-state index in [0.29, 0.717) is 13.1 Å². The van der Waals surface area contributed by atoms with Crippen LogP contribution < -0.4 is 10.1 Å². The summed E-state index contributed by atoms with van der Waals surface area (Å²) in [6, 6.07) is 3.06. The summed E-state index contributed by atoms with van der Waals surface area (Å²) < 4.78 is 11.3. The molecule has 0 radical (unpaired) electrons.